The smallest absolute Gasteiger partial charge is 0.101 e. The predicted molar refractivity (Wildman–Crippen MR) is 69.1 cm³/mol. The lowest BCUT2D eigenvalue weighted by atomic mass is 10.0. The third-order valence-electron chi connectivity index (χ3n) is 2.77. The molecule has 102 valence electrons. The molecule has 0 amide bonds. The molecule has 6 nitrogen and oxygen atoms in total. The molecule has 0 saturated carbocycles. The van der Waals surface area contributed by atoms with Crippen LogP contribution in [0, 0.1) is 0 Å². The number of hydrogen-bond donors (Lipinski definition) is 1. The molecule has 19 heavy (non-hydrogen) atoms. The minimum atomic E-state index is -0.909. The topological polar surface area (TPSA) is 90.6 Å². The van der Waals surface area contributed by atoms with Crippen molar-refractivity contribution < 1.29 is 14.3 Å². The van der Waals surface area contributed by atoms with E-state index in [1.807, 2.05) is 0 Å². The fourth-order valence-electron chi connectivity index (χ4n) is 1.73. The second-order valence-electron chi connectivity index (χ2n) is 3.89. The zero-order valence-corrected chi connectivity index (χ0v) is 10.7. The van der Waals surface area contributed by atoms with Crippen molar-refractivity contribution in [2.75, 3.05) is 13.8 Å². The van der Waals surface area contributed by atoms with Gasteiger partial charge in [0, 0.05) is 12.0 Å². The van der Waals surface area contributed by atoms with Gasteiger partial charge in [0.05, 0.1) is 17.9 Å². The minimum absolute atomic E-state index is 0.470. The van der Waals surface area contributed by atoms with E-state index >= 15 is 0 Å². The highest BCUT2D eigenvalue weighted by Gasteiger charge is 2.22. The normalized spacial score (nSPS) is 14.6. The molecule has 2 atom stereocenters. The van der Waals surface area contributed by atoms with E-state index in [-0.39, 0.29) is 0 Å². The second kappa shape index (κ2) is 7.35. The van der Waals surface area contributed by atoms with Crippen LogP contribution < -0.4 is 0 Å². The summed E-state index contributed by atoms with van der Waals surface area (Å²) in [5.74, 6) is 0. The van der Waals surface area contributed by atoms with Crippen LogP contribution in [-0.4, -0.2) is 30.7 Å². The quantitative estimate of drug-likeness (QED) is 0.214. The lowest BCUT2D eigenvalue weighted by Crippen LogP contribution is -2.20. The first-order valence-corrected chi connectivity index (χ1v) is 5.59. The molecule has 1 N–H and O–H groups in total. The molecule has 0 spiro atoms. The fourth-order valence-corrected chi connectivity index (χ4v) is 1.73. The molecule has 0 radical (unpaired) electrons. The van der Waals surface area contributed by atoms with Gasteiger partial charge < -0.3 is 9.94 Å². The lowest BCUT2D eigenvalue weighted by Gasteiger charge is -2.20. The largest absolute Gasteiger partial charge is 0.411 e. The highest BCUT2D eigenvalue weighted by atomic mass is 19.1. The number of methoxy groups -OCH3 is 1. The van der Waals surface area contributed by atoms with E-state index in [0.29, 0.717) is 11.3 Å². The van der Waals surface area contributed by atoms with E-state index in [0.717, 1.165) is 5.56 Å². The van der Waals surface area contributed by atoms with Crippen LogP contribution in [0.5, 0.6) is 0 Å². The number of benzene rings is 1. The maximum Gasteiger partial charge on any atom is 0.101 e. The Morgan fingerprint density at radius 1 is 1.47 bits per heavy atom. The van der Waals surface area contributed by atoms with E-state index in [9.17, 15) is 4.39 Å². The molecule has 0 fully saturated rings. The third-order valence-corrected chi connectivity index (χ3v) is 2.77. The van der Waals surface area contributed by atoms with Crippen molar-refractivity contribution in [3.8, 4) is 0 Å². The molecular weight excluding hydrogens is 251 g/mol. The van der Waals surface area contributed by atoms with Crippen LogP contribution in [0.25, 0.3) is 10.4 Å². The Hall–Kier alpha value is -2.11. The number of hydrogen-bond acceptors (Lipinski definition) is 4. The van der Waals surface area contributed by atoms with E-state index in [1.54, 1.807) is 31.2 Å². The summed E-state index contributed by atoms with van der Waals surface area (Å²) in [5.41, 5.74) is 10.3. The summed E-state index contributed by atoms with van der Waals surface area (Å²) in [4.78, 5) is 2.61. The molecule has 0 aliphatic heterocycles. The summed E-state index contributed by atoms with van der Waals surface area (Å²) in [6.07, 6.45) is -0.652. The molecule has 0 unspecified atom stereocenters. The van der Waals surface area contributed by atoms with Gasteiger partial charge in [-0.15, -0.1) is 0 Å². The highest BCUT2D eigenvalue weighted by Crippen LogP contribution is 2.24. The van der Waals surface area contributed by atoms with Crippen LogP contribution in [0.1, 0.15) is 24.2 Å². The zero-order valence-electron chi connectivity index (χ0n) is 10.7. The van der Waals surface area contributed by atoms with Gasteiger partial charge in [-0.2, -0.15) is 0 Å². The van der Waals surface area contributed by atoms with Gasteiger partial charge in [0.2, 0.25) is 0 Å². The first kappa shape index (κ1) is 14.9. The SMILES string of the molecule is CO[C@H](c1ccc(/C(C)=N/O)cc1)[C@@H](CF)N=[N+]=[N-]. The summed E-state index contributed by atoms with van der Waals surface area (Å²) < 4.78 is 18.0. The summed E-state index contributed by atoms with van der Waals surface area (Å²) in [6, 6.07) is 5.97. The van der Waals surface area contributed by atoms with E-state index in [2.05, 4.69) is 15.2 Å². The number of halogens is 1. The summed E-state index contributed by atoms with van der Waals surface area (Å²) in [6.45, 7) is 0.856. The third kappa shape index (κ3) is 3.67. The van der Waals surface area contributed by atoms with Crippen molar-refractivity contribution in [3.63, 3.8) is 0 Å². The maximum absolute atomic E-state index is 12.8. The molecule has 7 heteroatoms. The molecule has 0 saturated heterocycles. The Morgan fingerprint density at radius 3 is 2.53 bits per heavy atom. The summed E-state index contributed by atoms with van der Waals surface area (Å²) >= 11 is 0. The predicted octanol–water partition coefficient (Wildman–Crippen LogP) is 3.22. The highest BCUT2D eigenvalue weighted by molar-refractivity contribution is 5.98. The fraction of sp³-hybridized carbons (Fsp3) is 0.417. The number of rotatable bonds is 6. The molecule has 0 aliphatic rings. The Bertz CT molecular complexity index is 483. The Balaban J connectivity index is 3.02. The molecule has 1 rings (SSSR count). The number of azide groups is 1. The monoisotopic (exact) mass is 266 g/mol. The van der Waals surface area contributed by atoms with Crippen LogP contribution >= 0.6 is 0 Å². The van der Waals surface area contributed by atoms with Crippen LogP contribution in [0.4, 0.5) is 4.39 Å². The number of alkyl halides is 1. The second-order valence-corrected chi connectivity index (χ2v) is 3.89. The van der Waals surface area contributed by atoms with Crippen molar-refractivity contribution >= 4 is 5.71 Å². The van der Waals surface area contributed by atoms with Gasteiger partial charge in [-0.05, 0) is 23.6 Å². The van der Waals surface area contributed by atoms with Gasteiger partial charge in [0.25, 0.3) is 0 Å². The number of oxime groups is 1. The van der Waals surface area contributed by atoms with Crippen LogP contribution in [-0.2, 0) is 4.74 Å². The van der Waals surface area contributed by atoms with Crippen molar-refractivity contribution in [2.24, 2.45) is 10.3 Å². The van der Waals surface area contributed by atoms with Gasteiger partial charge in [-0.3, -0.25) is 4.39 Å². The Labute approximate surface area is 110 Å². The standard InChI is InChI=1S/C12H15FN4O2/c1-8(16-18)9-3-5-10(6-4-9)12(19-2)11(7-13)15-17-14/h3-6,11-12,18H,7H2,1-2H3/b16-8+/t11-,12-/m1/s1. The Morgan fingerprint density at radius 2 is 2.11 bits per heavy atom. The van der Waals surface area contributed by atoms with E-state index < -0.39 is 18.8 Å². The average Bonchev–Trinajstić information content (AvgIpc) is 2.46. The van der Waals surface area contributed by atoms with Gasteiger partial charge in [0.1, 0.15) is 6.67 Å². The van der Waals surface area contributed by atoms with Crippen molar-refractivity contribution in [1.82, 2.24) is 0 Å². The van der Waals surface area contributed by atoms with Crippen LogP contribution in [0.15, 0.2) is 34.5 Å². The Kier molecular flexibility index (Phi) is 5.78. The molecule has 0 aliphatic carbocycles. The van der Waals surface area contributed by atoms with Crippen molar-refractivity contribution in [2.45, 2.75) is 19.1 Å². The first-order chi connectivity index (χ1) is 9.17. The maximum atomic E-state index is 12.8. The lowest BCUT2D eigenvalue weighted by molar-refractivity contribution is 0.0722. The number of ether oxygens (including phenoxy) is 1. The molecule has 0 aromatic heterocycles. The zero-order chi connectivity index (χ0) is 14.3. The minimum Gasteiger partial charge on any atom is -0.411 e. The van der Waals surface area contributed by atoms with Gasteiger partial charge in [-0.25, -0.2) is 0 Å². The first-order valence-electron chi connectivity index (χ1n) is 5.59. The van der Waals surface area contributed by atoms with Crippen LogP contribution in [0.2, 0.25) is 0 Å². The summed E-state index contributed by atoms with van der Waals surface area (Å²) in [5, 5.41) is 15.1. The molecule has 1 aromatic carbocycles. The molecule has 1 aromatic rings. The molecule has 0 bridgehead atoms. The van der Waals surface area contributed by atoms with Crippen LogP contribution in [0.3, 0.4) is 0 Å². The average molecular weight is 266 g/mol. The number of nitrogens with zero attached hydrogens (tertiary/aromatic N) is 4. The van der Waals surface area contributed by atoms with E-state index in [1.165, 1.54) is 7.11 Å². The van der Waals surface area contributed by atoms with Gasteiger partial charge in [0.15, 0.2) is 0 Å². The summed E-state index contributed by atoms with van der Waals surface area (Å²) in [7, 11) is 1.43. The van der Waals surface area contributed by atoms with E-state index in [4.69, 9.17) is 15.5 Å². The van der Waals surface area contributed by atoms with Crippen molar-refractivity contribution in [3.05, 3.63) is 45.8 Å². The molecular formula is C12H15FN4O2. The van der Waals surface area contributed by atoms with Gasteiger partial charge in [-0.1, -0.05) is 34.5 Å². The molecule has 0 heterocycles. The van der Waals surface area contributed by atoms with Crippen molar-refractivity contribution in [1.29, 1.82) is 0 Å². The van der Waals surface area contributed by atoms with Gasteiger partial charge >= 0.3 is 0 Å².